The molecule has 72 valence electrons. The van der Waals surface area contributed by atoms with E-state index < -0.39 is 0 Å². The molecule has 0 aliphatic heterocycles. The SMILES string of the molecule is CCN(CCCCCBr)C1CC1. The summed E-state index contributed by atoms with van der Waals surface area (Å²) in [6.07, 6.45) is 7.01. The molecule has 1 aliphatic rings. The highest BCUT2D eigenvalue weighted by Gasteiger charge is 2.26. The van der Waals surface area contributed by atoms with Crippen LogP contribution in [0.2, 0.25) is 0 Å². The molecule has 0 aromatic carbocycles. The Kier molecular flexibility index (Phi) is 5.24. The van der Waals surface area contributed by atoms with Crippen LogP contribution >= 0.6 is 15.9 Å². The minimum Gasteiger partial charge on any atom is -0.301 e. The van der Waals surface area contributed by atoms with Crippen LogP contribution in [0.25, 0.3) is 0 Å². The molecule has 0 spiro atoms. The molecule has 0 amide bonds. The molecule has 1 rings (SSSR count). The third kappa shape index (κ3) is 3.90. The van der Waals surface area contributed by atoms with Crippen LogP contribution in [0.15, 0.2) is 0 Å². The first-order chi connectivity index (χ1) is 5.88. The van der Waals surface area contributed by atoms with Gasteiger partial charge in [-0.2, -0.15) is 0 Å². The summed E-state index contributed by atoms with van der Waals surface area (Å²) in [5, 5.41) is 1.17. The second-order valence-corrected chi connectivity index (χ2v) is 4.40. The molecule has 0 atom stereocenters. The standard InChI is InChI=1S/C10H20BrN/c1-2-12(10-6-7-10)9-5-3-4-8-11/h10H,2-9H2,1H3. The molecule has 0 aromatic rings. The molecule has 0 N–H and O–H groups in total. The van der Waals surface area contributed by atoms with Crippen molar-refractivity contribution >= 4 is 15.9 Å². The fourth-order valence-corrected chi connectivity index (χ4v) is 2.02. The fraction of sp³-hybridized carbons (Fsp3) is 1.00. The first kappa shape index (κ1) is 10.5. The molecule has 1 nitrogen and oxygen atoms in total. The number of halogens is 1. The third-order valence-corrected chi connectivity index (χ3v) is 3.11. The van der Waals surface area contributed by atoms with Crippen LogP contribution in [0.1, 0.15) is 39.0 Å². The van der Waals surface area contributed by atoms with Gasteiger partial charge in [0.15, 0.2) is 0 Å². The Balaban J connectivity index is 1.95. The maximum Gasteiger partial charge on any atom is 0.00963 e. The Morgan fingerprint density at radius 3 is 2.50 bits per heavy atom. The zero-order valence-corrected chi connectivity index (χ0v) is 9.65. The number of unbranched alkanes of at least 4 members (excludes halogenated alkanes) is 2. The van der Waals surface area contributed by atoms with E-state index in [9.17, 15) is 0 Å². The molecule has 0 bridgehead atoms. The molecule has 0 aromatic heterocycles. The lowest BCUT2D eigenvalue weighted by Crippen LogP contribution is -2.26. The van der Waals surface area contributed by atoms with Crippen molar-refractivity contribution in [2.24, 2.45) is 0 Å². The maximum absolute atomic E-state index is 3.46. The summed E-state index contributed by atoms with van der Waals surface area (Å²) >= 11 is 3.46. The Morgan fingerprint density at radius 2 is 2.00 bits per heavy atom. The minimum absolute atomic E-state index is 0.957. The number of nitrogens with zero attached hydrogens (tertiary/aromatic N) is 1. The lowest BCUT2D eigenvalue weighted by molar-refractivity contribution is 0.271. The summed E-state index contributed by atoms with van der Waals surface area (Å²) in [6.45, 7) is 4.86. The van der Waals surface area contributed by atoms with Gasteiger partial charge in [0.25, 0.3) is 0 Å². The third-order valence-electron chi connectivity index (χ3n) is 2.55. The van der Waals surface area contributed by atoms with Crippen LogP contribution in [0, 0.1) is 0 Å². The predicted molar refractivity (Wildman–Crippen MR) is 57.9 cm³/mol. The van der Waals surface area contributed by atoms with Crippen molar-refractivity contribution in [2.45, 2.75) is 45.1 Å². The van der Waals surface area contributed by atoms with E-state index in [1.54, 1.807) is 0 Å². The Hall–Kier alpha value is 0.440. The average molecular weight is 234 g/mol. The second kappa shape index (κ2) is 5.98. The van der Waals surface area contributed by atoms with Gasteiger partial charge in [0, 0.05) is 11.4 Å². The van der Waals surface area contributed by atoms with E-state index in [0.717, 1.165) is 6.04 Å². The van der Waals surface area contributed by atoms with E-state index >= 15 is 0 Å². The molecule has 0 radical (unpaired) electrons. The molecule has 2 heteroatoms. The normalized spacial score (nSPS) is 17.2. The Morgan fingerprint density at radius 1 is 1.25 bits per heavy atom. The molecule has 0 saturated heterocycles. The molecule has 1 saturated carbocycles. The highest BCUT2D eigenvalue weighted by atomic mass is 79.9. The van der Waals surface area contributed by atoms with Crippen LogP contribution < -0.4 is 0 Å². The quantitative estimate of drug-likeness (QED) is 0.483. The van der Waals surface area contributed by atoms with E-state index in [1.807, 2.05) is 0 Å². The van der Waals surface area contributed by atoms with Crippen molar-refractivity contribution in [2.75, 3.05) is 18.4 Å². The van der Waals surface area contributed by atoms with Gasteiger partial charge in [0.05, 0.1) is 0 Å². The summed E-state index contributed by atoms with van der Waals surface area (Å²) in [4.78, 5) is 2.63. The molecule has 0 unspecified atom stereocenters. The number of alkyl halides is 1. The Labute approximate surface area is 84.6 Å². The summed E-state index contributed by atoms with van der Waals surface area (Å²) in [5.74, 6) is 0. The number of rotatable bonds is 7. The van der Waals surface area contributed by atoms with Gasteiger partial charge in [0.1, 0.15) is 0 Å². The summed E-state index contributed by atoms with van der Waals surface area (Å²) < 4.78 is 0. The van der Waals surface area contributed by atoms with Gasteiger partial charge in [-0.15, -0.1) is 0 Å². The highest BCUT2D eigenvalue weighted by Crippen LogP contribution is 2.26. The zero-order chi connectivity index (χ0) is 8.81. The first-order valence-corrected chi connectivity index (χ1v) is 6.30. The summed E-state index contributed by atoms with van der Waals surface area (Å²) in [6, 6.07) is 0.957. The van der Waals surface area contributed by atoms with Crippen molar-refractivity contribution in [3.05, 3.63) is 0 Å². The molecular weight excluding hydrogens is 214 g/mol. The second-order valence-electron chi connectivity index (χ2n) is 3.61. The van der Waals surface area contributed by atoms with Crippen molar-refractivity contribution in [3.8, 4) is 0 Å². The molecule has 0 heterocycles. The smallest absolute Gasteiger partial charge is 0.00963 e. The van der Waals surface area contributed by atoms with Gasteiger partial charge in [-0.3, -0.25) is 0 Å². The van der Waals surface area contributed by atoms with Crippen LogP contribution in [0.3, 0.4) is 0 Å². The minimum atomic E-state index is 0.957. The molecular formula is C10H20BrN. The fourth-order valence-electron chi connectivity index (χ4n) is 1.62. The monoisotopic (exact) mass is 233 g/mol. The van der Waals surface area contributed by atoms with Gasteiger partial charge in [-0.25, -0.2) is 0 Å². The lowest BCUT2D eigenvalue weighted by atomic mass is 10.2. The van der Waals surface area contributed by atoms with Gasteiger partial charge in [-0.1, -0.05) is 29.3 Å². The van der Waals surface area contributed by atoms with Gasteiger partial charge >= 0.3 is 0 Å². The maximum atomic E-state index is 3.46. The van der Waals surface area contributed by atoms with E-state index in [2.05, 4.69) is 27.8 Å². The number of hydrogen-bond acceptors (Lipinski definition) is 1. The van der Waals surface area contributed by atoms with Crippen molar-refractivity contribution in [3.63, 3.8) is 0 Å². The zero-order valence-electron chi connectivity index (χ0n) is 8.06. The van der Waals surface area contributed by atoms with Crippen molar-refractivity contribution < 1.29 is 0 Å². The van der Waals surface area contributed by atoms with Gasteiger partial charge in [0.2, 0.25) is 0 Å². The van der Waals surface area contributed by atoms with Crippen molar-refractivity contribution in [1.82, 2.24) is 4.90 Å². The van der Waals surface area contributed by atoms with E-state index in [1.165, 1.54) is 50.5 Å². The lowest BCUT2D eigenvalue weighted by Gasteiger charge is -2.19. The Bertz CT molecular complexity index is 112. The molecule has 12 heavy (non-hydrogen) atoms. The molecule has 1 fully saturated rings. The summed E-state index contributed by atoms with van der Waals surface area (Å²) in [5.41, 5.74) is 0. The van der Waals surface area contributed by atoms with E-state index in [-0.39, 0.29) is 0 Å². The predicted octanol–water partition coefficient (Wildman–Crippen LogP) is 3.04. The van der Waals surface area contributed by atoms with Crippen LogP contribution in [0.4, 0.5) is 0 Å². The van der Waals surface area contributed by atoms with Crippen LogP contribution in [-0.4, -0.2) is 29.4 Å². The largest absolute Gasteiger partial charge is 0.301 e. The van der Waals surface area contributed by atoms with Gasteiger partial charge in [-0.05, 0) is 38.8 Å². The number of hydrogen-bond donors (Lipinski definition) is 0. The van der Waals surface area contributed by atoms with Crippen LogP contribution in [0.5, 0.6) is 0 Å². The first-order valence-electron chi connectivity index (χ1n) is 5.18. The highest BCUT2D eigenvalue weighted by molar-refractivity contribution is 9.09. The van der Waals surface area contributed by atoms with E-state index in [0.29, 0.717) is 0 Å². The van der Waals surface area contributed by atoms with E-state index in [4.69, 9.17) is 0 Å². The van der Waals surface area contributed by atoms with Crippen LogP contribution in [-0.2, 0) is 0 Å². The topological polar surface area (TPSA) is 3.24 Å². The van der Waals surface area contributed by atoms with Gasteiger partial charge < -0.3 is 4.90 Å². The summed E-state index contributed by atoms with van der Waals surface area (Å²) in [7, 11) is 0. The molecule has 1 aliphatic carbocycles. The van der Waals surface area contributed by atoms with Crippen molar-refractivity contribution in [1.29, 1.82) is 0 Å². The average Bonchev–Trinajstić information content (AvgIpc) is 2.88.